The lowest BCUT2D eigenvalue weighted by atomic mass is 10.1. The van der Waals surface area contributed by atoms with Crippen LogP contribution in [0.4, 0.5) is 0 Å². The quantitative estimate of drug-likeness (QED) is 0.606. The second-order valence-corrected chi connectivity index (χ2v) is 3.38. The van der Waals surface area contributed by atoms with Gasteiger partial charge in [-0.2, -0.15) is 0 Å². The van der Waals surface area contributed by atoms with Crippen LogP contribution in [0.5, 0.6) is 0 Å². The molecule has 0 bridgehead atoms. The van der Waals surface area contributed by atoms with Crippen LogP contribution < -0.4 is 5.32 Å². The zero-order chi connectivity index (χ0) is 8.86. The highest BCUT2D eigenvalue weighted by Gasteiger charge is 2.32. The summed E-state index contributed by atoms with van der Waals surface area (Å²) in [5, 5.41) is 12.3. The second-order valence-electron chi connectivity index (χ2n) is 3.38. The predicted molar refractivity (Wildman–Crippen MR) is 47.9 cm³/mol. The maximum absolute atomic E-state index is 9.13. The Bertz CT molecular complexity index is 122. The maximum Gasteiger partial charge on any atom is 0.142 e. The molecule has 0 aliphatic carbocycles. The van der Waals surface area contributed by atoms with E-state index in [1.165, 1.54) is 12.8 Å². The molecular weight excluding hydrogens is 154 g/mol. The summed E-state index contributed by atoms with van der Waals surface area (Å²) in [4.78, 5) is 0. The average Bonchev–Trinajstić information content (AvgIpc) is 2.55. The fourth-order valence-electron chi connectivity index (χ4n) is 1.58. The lowest BCUT2D eigenvalue weighted by Crippen LogP contribution is -2.44. The van der Waals surface area contributed by atoms with E-state index < -0.39 is 5.72 Å². The molecule has 3 heteroatoms. The van der Waals surface area contributed by atoms with Crippen LogP contribution in [0.1, 0.15) is 32.6 Å². The number of aliphatic hydroxyl groups is 1. The van der Waals surface area contributed by atoms with Crippen LogP contribution in [0.25, 0.3) is 0 Å². The molecule has 1 unspecified atom stereocenters. The summed E-state index contributed by atoms with van der Waals surface area (Å²) in [5.41, 5.74) is -0.408. The van der Waals surface area contributed by atoms with Gasteiger partial charge in [0.2, 0.25) is 0 Å². The number of unbranched alkanes of at least 4 members (excludes halogenated alkanes) is 2. The summed E-state index contributed by atoms with van der Waals surface area (Å²) in [5.74, 6) is 0. The Balaban J connectivity index is 2.24. The third-order valence-electron chi connectivity index (χ3n) is 2.37. The van der Waals surface area contributed by atoms with E-state index in [2.05, 4.69) is 12.2 Å². The first-order valence-electron chi connectivity index (χ1n) is 4.83. The summed E-state index contributed by atoms with van der Waals surface area (Å²) in [6, 6.07) is 0. The summed E-state index contributed by atoms with van der Waals surface area (Å²) < 4.78 is 5.48. The van der Waals surface area contributed by atoms with Gasteiger partial charge in [-0.25, -0.2) is 0 Å². The molecule has 1 saturated heterocycles. The van der Waals surface area contributed by atoms with Gasteiger partial charge in [0.15, 0.2) is 0 Å². The Labute approximate surface area is 74.1 Å². The molecule has 0 radical (unpaired) electrons. The topological polar surface area (TPSA) is 41.5 Å². The van der Waals surface area contributed by atoms with Crippen molar-refractivity contribution in [2.24, 2.45) is 0 Å². The van der Waals surface area contributed by atoms with Crippen LogP contribution in [0.15, 0.2) is 0 Å². The van der Waals surface area contributed by atoms with Crippen molar-refractivity contribution in [1.82, 2.24) is 5.32 Å². The smallest absolute Gasteiger partial charge is 0.142 e. The minimum absolute atomic E-state index is 0.0940. The summed E-state index contributed by atoms with van der Waals surface area (Å²) in [6.45, 7) is 3.87. The summed E-state index contributed by atoms with van der Waals surface area (Å²) in [6.07, 6.45) is 4.48. The van der Waals surface area contributed by atoms with Gasteiger partial charge in [-0.05, 0) is 12.8 Å². The zero-order valence-electron chi connectivity index (χ0n) is 7.81. The minimum atomic E-state index is -0.408. The zero-order valence-corrected chi connectivity index (χ0v) is 7.81. The number of ether oxygens (including phenoxy) is 1. The largest absolute Gasteiger partial charge is 0.392 e. The highest BCUT2D eigenvalue weighted by molar-refractivity contribution is 4.81. The Kier molecular flexibility index (Phi) is 3.98. The highest BCUT2D eigenvalue weighted by Crippen LogP contribution is 2.19. The van der Waals surface area contributed by atoms with Crippen molar-refractivity contribution < 1.29 is 9.84 Å². The van der Waals surface area contributed by atoms with E-state index in [9.17, 15) is 0 Å². The SMILES string of the molecule is CCCCCC1(CO)NCCO1. The monoisotopic (exact) mass is 173 g/mol. The van der Waals surface area contributed by atoms with Crippen molar-refractivity contribution in [3.05, 3.63) is 0 Å². The van der Waals surface area contributed by atoms with Crippen LogP contribution in [-0.2, 0) is 4.74 Å². The molecule has 12 heavy (non-hydrogen) atoms. The fraction of sp³-hybridized carbons (Fsp3) is 1.00. The van der Waals surface area contributed by atoms with E-state index in [0.717, 1.165) is 26.0 Å². The van der Waals surface area contributed by atoms with Crippen molar-refractivity contribution in [3.8, 4) is 0 Å². The fourth-order valence-corrected chi connectivity index (χ4v) is 1.58. The first-order valence-corrected chi connectivity index (χ1v) is 4.83. The number of hydrogen-bond donors (Lipinski definition) is 2. The van der Waals surface area contributed by atoms with Gasteiger partial charge in [0, 0.05) is 6.54 Å². The van der Waals surface area contributed by atoms with Crippen LogP contribution in [0.3, 0.4) is 0 Å². The number of aliphatic hydroxyl groups excluding tert-OH is 1. The Morgan fingerprint density at radius 2 is 2.33 bits per heavy atom. The number of rotatable bonds is 5. The molecule has 1 heterocycles. The molecule has 0 saturated carbocycles. The third kappa shape index (κ3) is 2.44. The van der Waals surface area contributed by atoms with Crippen molar-refractivity contribution in [1.29, 1.82) is 0 Å². The molecule has 2 N–H and O–H groups in total. The van der Waals surface area contributed by atoms with Gasteiger partial charge < -0.3 is 9.84 Å². The van der Waals surface area contributed by atoms with Crippen molar-refractivity contribution in [3.63, 3.8) is 0 Å². The normalized spacial score (nSPS) is 29.5. The third-order valence-corrected chi connectivity index (χ3v) is 2.37. The number of hydrogen-bond acceptors (Lipinski definition) is 3. The average molecular weight is 173 g/mol. The van der Waals surface area contributed by atoms with Crippen LogP contribution in [-0.4, -0.2) is 30.6 Å². The molecule has 3 nitrogen and oxygen atoms in total. The van der Waals surface area contributed by atoms with Crippen LogP contribution in [0.2, 0.25) is 0 Å². The molecule has 0 amide bonds. The Hall–Kier alpha value is -0.120. The van der Waals surface area contributed by atoms with Crippen LogP contribution in [0, 0.1) is 0 Å². The highest BCUT2D eigenvalue weighted by atomic mass is 16.5. The molecule has 0 aromatic rings. The molecule has 1 aliphatic heterocycles. The molecule has 0 aromatic carbocycles. The van der Waals surface area contributed by atoms with Gasteiger partial charge >= 0.3 is 0 Å². The predicted octanol–water partition coefficient (Wildman–Crippen LogP) is 0.875. The van der Waals surface area contributed by atoms with E-state index in [0.29, 0.717) is 0 Å². The van der Waals surface area contributed by atoms with Crippen molar-refractivity contribution in [2.45, 2.75) is 38.3 Å². The lowest BCUT2D eigenvalue weighted by molar-refractivity contribution is -0.0586. The Morgan fingerprint density at radius 3 is 2.83 bits per heavy atom. The van der Waals surface area contributed by atoms with Crippen molar-refractivity contribution in [2.75, 3.05) is 19.8 Å². The van der Waals surface area contributed by atoms with Crippen LogP contribution >= 0.6 is 0 Å². The molecule has 1 aliphatic rings. The van der Waals surface area contributed by atoms with Gasteiger partial charge in [0.1, 0.15) is 5.72 Å². The summed E-state index contributed by atoms with van der Waals surface area (Å²) >= 11 is 0. The second kappa shape index (κ2) is 4.80. The van der Waals surface area contributed by atoms with Gasteiger partial charge in [0.05, 0.1) is 13.2 Å². The van der Waals surface area contributed by atoms with E-state index in [-0.39, 0.29) is 6.61 Å². The van der Waals surface area contributed by atoms with E-state index >= 15 is 0 Å². The molecule has 1 fully saturated rings. The van der Waals surface area contributed by atoms with Gasteiger partial charge in [-0.15, -0.1) is 0 Å². The van der Waals surface area contributed by atoms with E-state index in [1.807, 2.05) is 0 Å². The maximum atomic E-state index is 9.13. The molecule has 72 valence electrons. The molecular formula is C9H19NO2. The molecule has 0 aromatic heterocycles. The summed E-state index contributed by atoms with van der Waals surface area (Å²) in [7, 11) is 0. The first kappa shape index (κ1) is 9.96. The first-order chi connectivity index (χ1) is 5.83. The van der Waals surface area contributed by atoms with E-state index in [4.69, 9.17) is 9.84 Å². The minimum Gasteiger partial charge on any atom is -0.392 e. The molecule has 0 spiro atoms. The van der Waals surface area contributed by atoms with Gasteiger partial charge in [0.25, 0.3) is 0 Å². The van der Waals surface area contributed by atoms with Gasteiger partial charge in [-0.1, -0.05) is 19.8 Å². The standard InChI is InChI=1S/C9H19NO2/c1-2-3-4-5-9(8-11)10-6-7-12-9/h10-11H,2-8H2,1H3. The van der Waals surface area contributed by atoms with Crippen molar-refractivity contribution >= 4 is 0 Å². The Morgan fingerprint density at radius 1 is 1.50 bits per heavy atom. The number of nitrogens with one attached hydrogen (secondary N) is 1. The van der Waals surface area contributed by atoms with Gasteiger partial charge in [-0.3, -0.25) is 5.32 Å². The lowest BCUT2D eigenvalue weighted by Gasteiger charge is -2.25. The van der Waals surface area contributed by atoms with E-state index in [1.54, 1.807) is 0 Å². The molecule has 1 atom stereocenters. The molecule has 1 rings (SSSR count).